The number of rotatable bonds is 10. The minimum absolute atomic E-state index is 0.0470. The quantitative estimate of drug-likeness (QED) is 0.671. The summed E-state index contributed by atoms with van der Waals surface area (Å²) < 4.78 is 30.4. The molecule has 1 aliphatic rings. The Bertz CT molecular complexity index is 720. The summed E-state index contributed by atoms with van der Waals surface area (Å²) in [7, 11) is 0. The third-order valence-electron chi connectivity index (χ3n) is 4.03. The number of carbonyl (C=O) groups is 2. The van der Waals surface area contributed by atoms with Crippen LogP contribution in [0.25, 0.3) is 0 Å². The van der Waals surface area contributed by atoms with E-state index in [2.05, 4.69) is 0 Å². The van der Waals surface area contributed by atoms with E-state index in [9.17, 15) is 19.1 Å². The van der Waals surface area contributed by atoms with Crippen LogP contribution < -0.4 is 9.47 Å². The smallest absolute Gasteiger partial charge is 0.326 e. The maximum Gasteiger partial charge on any atom is 0.326 e. The molecule has 2 atom stereocenters. The Balaban J connectivity index is 2.10. The van der Waals surface area contributed by atoms with Gasteiger partial charge in [0, 0.05) is 19.1 Å². The Labute approximate surface area is 157 Å². The molecule has 0 saturated carbocycles. The number of carboxylic acids is 1. The number of hydrogen-bond acceptors (Lipinski definition) is 5. The number of carboxylic acid groups (broad SMARTS) is 1. The molecule has 1 N–H and O–H groups in total. The Morgan fingerprint density at radius 2 is 2.00 bits per heavy atom. The van der Waals surface area contributed by atoms with Crippen LogP contribution in [0.4, 0.5) is 4.39 Å². The summed E-state index contributed by atoms with van der Waals surface area (Å²) in [4.78, 5) is 25.1. The van der Waals surface area contributed by atoms with Gasteiger partial charge in [-0.3, -0.25) is 4.79 Å². The molecular formula is C19H24FNO6. The molecule has 0 aromatic heterocycles. The summed E-state index contributed by atoms with van der Waals surface area (Å²) in [5, 5.41) is 9.49. The fourth-order valence-electron chi connectivity index (χ4n) is 2.84. The second-order valence-corrected chi connectivity index (χ2v) is 6.04. The molecule has 1 aromatic rings. The molecule has 1 aromatic carbocycles. The summed E-state index contributed by atoms with van der Waals surface area (Å²) in [6, 6.07) is 3.40. The molecule has 7 nitrogen and oxygen atoms in total. The van der Waals surface area contributed by atoms with Crippen LogP contribution in [-0.2, 0) is 14.3 Å². The first-order chi connectivity index (χ1) is 12.9. The van der Waals surface area contributed by atoms with Crippen molar-refractivity contribution in [2.45, 2.75) is 39.3 Å². The van der Waals surface area contributed by atoms with E-state index in [0.717, 1.165) is 0 Å². The molecule has 0 aliphatic carbocycles. The second kappa shape index (κ2) is 9.36. The summed E-state index contributed by atoms with van der Waals surface area (Å²) in [5.41, 5.74) is 0. The molecule has 0 bridgehead atoms. The van der Waals surface area contributed by atoms with Crippen molar-refractivity contribution in [3.63, 3.8) is 0 Å². The topological polar surface area (TPSA) is 85.3 Å². The van der Waals surface area contributed by atoms with Crippen molar-refractivity contribution in [3.8, 4) is 11.5 Å². The molecule has 1 aliphatic heterocycles. The van der Waals surface area contributed by atoms with E-state index in [1.807, 2.05) is 6.92 Å². The molecular weight excluding hydrogens is 357 g/mol. The minimum atomic E-state index is -1.13. The van der Waals surface area contributed by atoms with Gasteiger partial charge >= 0.3 is 5.97 Å². The zero-order chi connectivity index (χ0) is 20.0. The van der Waals surface area contributed by atoms with Crippen molar-refractivity contribution in [1.29, 1.82) is 0 Å². The highest BCUT2D eigenvalue weighted by atomic mass is 19.1. The predicted octanol–water partition coefficient (Wildman–Crippen LogP) is 2.60. The number of carbonyl (C=O) groups excluding carboxylic acids is 1. The zero-order valence-corrected chi connectivity index (χ0v) is 15.6. The van der Waals surface area contributed by atoms with Crippen LogP contribution in [-0.4, -0.2) is 53.8 Å². The maximum absolute atomic E-state index is 14.4. The van der Waals surface area contributed by atoms with Crippen LogP contribution in [0.15, 0.2) is 30.0 Å². The Kier molecular flexibility index (Phi) is 7.18. The minimum Gasteiger partial charge on any atom is -0.491 e. The van der Waals surface area contributed by atoms with E-state index in [4.69, 9.17) is 14.2 Å². The van der Waals surface area contributed by atoms with Crippen molar-refractivity contribution in [2.24, 2.45) is 0 Å². The van der Waals surface area contributed by atoms with E-state index in [0.29, 0.717) is 13.2 Å². The van der Waals surface area contributed by atoms with Gasteiger partial charge in [0.2, 0.25) is 5.82 Å². The van der Waals surface area contributed by atoms with Crippen LogP contribution in [0.2, 0.25) is 0 Å². The van der Waals surface area contributed by atoms with Crippen molar-refractivity contribution in [3.05, 3.63) is 35.9 Å². The number of benzene rings is 1. The van der Waals surface area contributed by atoms with Gasteiger partial charge in [-0.25, -0.2) is 4.79 Å². The lowest BCUT2D eigenvalue weighted by atomic mass is 10.1. The molecule has 0 spiro atoms. The van der Waals surface area contributed by atoms with Crippen LogP contribution in [0.1, 0.15) is 27.2 Å². The van der Waals surface area contributed by atoms with Gasteiger partial charge in [-0.1, -0.05) is 6.07 Å². The Morgan fingerprint density at radius 3 is 2.63 bits per heavy atom. The molecule has 8 heteroatoms. The highest BCUT2D eigenvalue weighted by molar-refractivity contribution is 5.94. The Hall–Kier alpha value is -2.61. The highest BCUT2D eigenvalue weighted by Gasteiger charge is 2.35. The molecule has 0 radical (unpaired) electrons. The van der Waals surface area contributed by atoms with Crippen molar-refractivity contribution < 1.29 is 33.3 Å². The lowest BCUT2D eigenvalue weighted by Gasteiger charge is -2.26. The lowest BCUT2D eigenvalue weighted by molar-refractivity contribution is -0.149. The van der Waals surface area contributed by atoms with E-state index in [1.54, 1.807) is 19.9 Å². The van der Waals surface area contributed by atoms with Gasteiger partial charge in [0.05, 0.1) is 19.3 Å². The molecule has 1 amide bonds. The van der Waals surface area contributed by atoms with Gasteiger partial charge in [0.25, 0.3) is 5.91 Å². The van der Waals surface area contributed by atoms with Gasteiger partial charge < -0.3 is 24.2 Å². The number of amides is 1. The second-order valence-electron chi connectivity index (χ2n) is 6.04. The molecule has 2 rings (SSSR count). The summed E-state index contributed by atoms with van der Waals surface area (Å²) in [6.07, 6.45) is 0.993. The maximum atomic E-state index is 14.4. The van der Waals surface area contributed by atoms with Gasteiger partial charge in [-0.05, 0) is 32.9 Å². The normalized spacial score (nSPS) is 16.1. The standard InChI is InChI=1S/C19H24FNO6/c1-4-25-12(3)9-14(19(23)24)21-11-13(10-17(21)22)27-16-8-6-7-15(18(16)20)26-5-2/h6-8,10,12,14H,4-5,9,11H2,1-3H3,(H,23,24)/t12-,14-/m0/s1. The average Bonchev–Trinajstić information content (AvgIpc) is 2.96. The van der Waals surface area contributed by atoms with Gasteiger partial charge in [0.15, 0.2) is 11.5 Å². The fraction of sp³-hybridized carbons (Fsp3) is 0.474. The molecule has 1 heterocycles. The van der Waals surface area contributed by atoms with Crippen LogP contribution in [0, 0.1) is 5.82 Å². The number of nitrogens with zero attached hydrogens (tertiary/aromatic N) is 1. The van der Waals surface area contributed by atoms with Crippen LogP contribution >= 0.6 is 0 Å². The highest BCUT2D eigenvalue weighted by Crippen LogP contribution is 2.29. The van der Waals surface area contributed by atoms with E-state index in [1.165, 1.54) is 23.1 Å². The van der Waals surface area contributed by atoms with Gasteiger partial charge in [0.1, 0.15) is 11.8 Å². The van der Waals surface area contributed by atoms with Crippen LogP contribution in [0.5, 0.6) is 11.5 Å². The molecule has 148 valence electrons. The largest absolute Gasteiger partial charge is 0.491 e. The van der Waals surface area contributed by atoms with Crippen molar-refractivity contribution in [1.82, 2.24) is 4.90 Å². The third kappa shape index (κ3) is 5.19. The average molecular weight is 381 g/mol. The molecule has 27 heavy (non-hydrogen) atoms. The molecule has 0 saturated heterocycles. The zero-order valence-electron chi connectivity index (χ0n) is 15.6. The van der Waals surface area contributed by atoms with Gasteiger partial charge in [-0.2, -0.15) is 4.39 Å². The number of hydrogen-bond donors (Lipinski definition) is 1. The summed E-state index contributed by atoms with van der Waals surface area (Å²) >= 11 is 0. The Morgan fingerprint density at radius 1 is 1.30 bits per heavy atom. The molecule has 0 unspecified atom stereocenters. The first-order valence-electron chi connectivity index (χ1n) is 8.82. The lowest BCUT2D eigenvalue weighted by Crippen LogP contribution is -2.44. The summed E-state index contributed by atoms with van der Waals surface area (Å²) in [6.45, 7) is 5.98. The number of ether oxygens (including phenoxy) is 3. The number of aliphatic carboxylic acids is 1. The first-order valence-corrected chi connectivity index (χ1v) is 8.82. The SMILES string of the molecule is CCOc1cccc(OC2=CC(=O)N([C@@H](C[C@H](C)OCC)C(=O)O)C2)c1F. The van der Waals surface area contributed by atoms with Gasteiger partial charge in [-0.15, -0.1) is 0 Å². The van der Waals surface area contributed by atoms with Crippen molar-refractivity contribution >= 4 is 11.9 Å². The molecule has 0 fully saturated rings. The van der Waals surface area contributed by atoms with E-state index >= 15 is 0 Å². The monoisotopic (exact) mass is 381 g/mol. The van der Waals surface area contributed by atoms with E-state index < -0.39 is 23.7 Å². The van der Waals surface area contributed by atoms with Crippen molar-refractivity contribution in [2.75, 3.05) is 19.8 Å². The predicted molar refractivity (Wildman–Crippen MR) is 95.1 cm³/mol. The van der Waals surface area contributed by atoms with E-state index in [-0.39, 0.29) is 36.3 Å². The first kappa shape index (κ1) is 20.7. The fourth-order valence-corrected chi connectivity index (χ4v) is 2.84. The third-order valence-corrected chi connectivity index (χ3v) is 4.03. The number of halogens is 1. The summed E-state index contributed by atoms with van der Waals surface area (Å²) in [5.74, 6) is -2.17. The van der Waals surface area contributed by atoms with Crippen LogP contribution in [0.3, 0.4) is 0 Å².